The Hall–Kier alpha value is -0.930. The smallest absolute Gasteiger partial charge is 0.304 e. The monoisotopic (exact) mass is 200 g/mol. The van der Waals surface area contributed by atoms with Crippen LogP contribution in [0.5, 0.6) is 0 Å². The summed E-state index contributed by atoms with van der Waals surface area (Å²) in [7, 11) is 0. The summed E-state index contributed by atoms with van der Waals surface area (Å²) in [6, 6.07) is 0. The van der Waals surface area contributed by atoms with Crippen LogP contribution in [0.1, 0.15) is 48.0 Å². The Kier molecular flexibility index (Phi) is 4.23. The molecule has 4 nitrogen and oxygen atoms in total. The second-order valence-corrected chi connectivity index (χ2v) is 4.49. The average Bonchev–Trinajstić information content (AvgIpc) is 1.99. The van der Waals surface area contributed by atoms with Gasteiger partial charge in [-0.05, 0) is 27.7 Å². The summed E-state index contributed by atoms with van der Waals surface area (Å²) in [4.78, 5) is 10.8. The topological polar surface area (TPSA) is 51.0 Å². The number of azo groups is 1. The van der Waals surface area contributed by atoms with Gasteiger partial charge in [0.25, 0.3) is 0 Å². The van der Waals surface area contributed by atoms with Crippen molar-refractivity contribution < 1.29 is 9.53 Å². The number of carbonyl (C=O) groups is 1. The molecule has 0 aliphatic heterocycles. The van der Waals surface area contributed by atoms with E-state index in [1.165, 1.54) is 6.92 Å². The first-order valence-corrected chi connectivity index (χ1v) is 4.82. The minimum Gasteiger partial charge on any atom is -0.436 e. The van der Waals surface area contributed by atoms with E-state index in [1.54, 1.807) is 6.92 Å². The third kappa shape index (κ3) is 5.67. The van der Waals surface area contributed by atoms with Gasteiger partial charge in [0.1, 0.15) is 0 Å². The van der Waals surface area contributed by atoms with Crippen LogP contribution in [0.4, 0.5) is 0 Å². The highest BCUT2D eigenvalue weighted by Crippen LogP contribution is 2.20. The zero-order valence-corrected chi connectivity index (χ0v) is 9.92. The van der Waals surface area contributed by atoms with Gasteiger partial charge >= 0.3 is 5.97 Å². The number of esters is 1. The number of rotatable bonds is 3. The summed E-state index contributed by atoms with van der Waals surface area (Å²) in [5.74, 6) is -0.331. The molecule has 1 atom stereocenters. The molecule has 82 valence electrons. The Morgan fingerprint density at radius 1 is 1.21 bits per heavy atom. The van der Waals surface area contributed by atoms with Crippen LogP contribution in [0.3, 0.4) is 0 Å². The minimum atomic E-state index is -0.820. The Bertz CT molecular complexity index is 231. The second-order valence-electron chi connectivity index (χ2n) is 4.49. The van der Waals surface area contributed by atoms with E-state index in [2.05, 4.69) is 10.2 Å². The van der Waals surface area contributed by atoms with Crippen molar-refractivity contribution in [2.45, 2.75) is 59.2 Å². The molecule has 0 radical (unpaired) electrons. The number of hydrogen-bond acceptors (Lipinski definition) is 4. The van der Waals surface area contributed by atoms with E-state index < -0.39 is 5.72 Å². The largest absolute Gasteiger partial charge is 0.436 e. The van der Waals surface area contributed by atoms with Crippen molar-refractivity contribution in [3.05, 3.63) is 0 Å². The maximum Gasteiger partial charge on any atom is 0.304 e. The van der Waals surface area contributed by atoms with Crippen LogP contribution in [-0.2, 0) is 9.53 Å². The van der Waals surface area contributed by atoms with Gasteiger partial charge in [0.2, 0.25) is 5.72 Å². The van der Waals surface area contributed by atoms with Crippen LogP contribution in [0.25, 0.3) is 0 Å². The van der Waals surface area contributed by atoms with Crippen LogP contribution in [0, 0.1) is 0 Å². The molecule has 0 aromatic heterocycles. The number of nitrogens with zero attached hydrogens (tertiary/aromatic N) is 2. The molecule has 0 fully saturated rings. The average molecular weight is 200 g/mol. The summed E-state index contributed by atoms with van der Waals surface area (Å²) < 4.78 is 5.08. The Morgan fingerprint density at radius 3 is 2.00 bits per heavy atom. The first-order valence-electron chi connectivity index (χ1n) is 4.82. The van der Waals surface area contributed by atoms with Crippen molar-refractivity contribution in [3.8, 4) is 0 Å². The highest BCUT2D eigenvalue weighted by Gasteiger charge is 2.25. The Morgan fingerprint density at radius 2 is 1.71 bits per heavy atom. The molecule has 0 amide bonds. The lowest BCUT2D eigenvalue weighted by molar-refractivity contribution is -0.155. The van der Waals surface area contributed by atoms with E-state index >= 15 is 0 Å². The molecule has 0 saturated carbocycles. The quantitative estimate of drug-likeness (QED) is 0.519. The first-order chi connectivity index (χ1) is 6.18. The number of hydrogen-bond donors (Lipinski definition) is 0. The predicted octanol–water partition coefficient (Wildman–Crippen LogP) is 2.93. The van der Waals surface area contributed by atoms with Gasteiger partial charge in [-0.3, -0.25) is 4.79 Å². The zero-order valence-electron chi connectivity index (χ0n) is 9.92. The number of ether oxygens (including phenoxy) is 1. The van der Waals surface area contributed by atoms with E-state index in [1.807, 2.05) is 27.7 Å². The molecule has 0 spiro atoms. The molecule has 0 aliphatic carbocycles. The molecule has 0 rings (SSSR count). The summed E-state index contributed by atoms with van der Waals surface area (Å²) in [6.45, 7) is 10.9. The third-order valence-corrected chi connectivity index (χ3v) is 1.58. The van der Waals surface area contributed by atoms with Gasteiger partial charge in [-0.1, -0.05) is 6.92 Å². The minimum absolute atomic E-state index is 0.240. The molecular weight excluding hydrogens is 180 g/mol. The molecule has 0 aromatic carbocycles. The molecule has 14 heavy (non-hydrogen) atoms. The van der Waals surface area contributed by atoms with Crippen LogP contribution in [0.15, 0.2) is 10.2 Å². The van der Waals surface area contributed by atoms with E-state index in [0.717, 1.165) is 0 Å². The maximum absolute atomic E-state index is 10.8. The fourth-order valence-electron chi connectivity index (χ4n) is 0.729. The van der Waals surface area contributed by atoms with Crippen molar-refractivity contribution >= 4 is 5.97 Å². The molecule has 0 heterocycles. The fourth-order valence-corrected chi connectivity index (χ4v) is 0.729. The molecule has 0 N–H and O–H groups in total. The van der Waals surface area contributed by atoms with Crippen molar-refractivity contribution in [2.24, 2.45) is 10.2 Å². The highest BCUT2D eigenvalue weighted by molar-refractivity contribution is 5.66. The van der Waals surface area contributed by atoms with Crippen molar-refractivity contribution in [1.82, 2.24) is 0 Å². The second kappa shape index (κ2) is 4.53. The van der Waals surface area contributed by atoms with E-state index in [4.69, 9.17) is 4.74 Å². The molecule has 0 bridgehead atoms. The molecule has 0 aromatic rings. The van der Waals surface area contributed by atoms with E-state index in [-0.39, 0.29) is 11.5 Å². The SMILES string of the molecule is CCC(C)(/N=N/C(C)(C)C)OC(C)=O. The molecule has 4 heteroatoms. The van der Waals surface area contributed by atoms with Gasteiger partial charge in [0.15, 0.2) is 0 Å². The summed E-state index contributed by atoms with van der Waals surface area (Å²) in [6.07, 6.45) is 0.617. The van der Waals surface area contributed by atoms with Gasteiger partial charge in [-0.25, -0.2) is 0 Å². The lowest BCUT2D eigenvalue weighted by Gasteiger charge is -2.23. The summed E-state index contributed by atoms with van der Waals surface area (Å²) in [5, 5.41) is 8.17. The molecule has 0 aliphatic rings. The Labute approximate surface area is 85.7 Å². The maximum atomic E-state index is 10.8. The summed E-state index contributed by atoms with van der Waals surface area (Å²) >= 11 is 0. The predicted molar refractivity (Wildman–Crippen MR) is 55.1 cm³/mol. The van der Waals surface area contributed by atoms with Crippen molar-refractivity contribution in [1.29, 1.82) is 0 Å². The molecule has 0 saturated heterocycles. The highest BCUT2D eigenvalue weighted by atomic mass is 16.6. The van der Waals surface area contributed by atoms with Crippen molar-refractivity contribution in [3.63, 3.8) is 0 Å². The zero-order chi connectivity index (χ0) is 11.4. The number of carbonyl (C=O) groups excluding carboxylic acids is 1. The van der Waals surface area contributed by atoms with Gasteiger partial charge in [0, 0.05) is 13.3 Å². The van der Waals surface area contributed by atoms with Crippen LogP contribution in [-0.4, -0.2) is 17.2 Å². The lowest BCUT2D eigenvalue weighted by Crippen LogP contribution is -2.28. The van der Waals surface area contributed by atoms with Gasteiger partial charge in [-0.2, -0.15) is 5.11 Å². The van der Waals surface area contributed by atoms with Crippen molar-refractivity contribution in [2.75, 3.05) is 0 Å². The van der Waals surface area contributed by atoms with Gasteiger partial charge < -0.3 is 4.74 Å². The standard InChI is InChI=1S/C10H20N2O2/c1-7-10(6,14-8(2)13)12-11-9(3,4)5/h7H2,1-6H3/b12-11+. The van der Waals surface area contributed by atoms with E-state index in [9.17, 15) is 4.79 Å². The molecule has 1 unspecified atom stereocenters. The van der Waals surface area contributed by atoms with Gasteiger partial charge in [-0.15, -0.1) is 5.11 Å². The van der Waals surface area contributed by atoms with Gasteiger partial charge in [0.05, 0.1) is 5.54 Å². The summed E-state index contributed by atoms with van der Waals surface area (Å²) in [5.41, 5.74) is -1.06. The first kappa shape index (κ1) is 13.1. The lowest BCUT2D eigenvalue weighted by atomic mass is 10.1. The van der Waals surface area contributed by atoms with Crippen LogP contribution >= 0.6 is 0 Å². The van der Waals surface area contributed by atoms with Crippen LogP contribution < -0.4 is 0 Å². The fraction of sp³-hybridized carbons (Fsp3) is 0.900. The van der Waals surface area contributed by atoms with E-state index in [0.29, 0.717) is 6.42 Å². The van der Waals surface area contributed by atoms with Crippen LogP contribution in [0.2, 0.25) is 0 Å². The normalized spacial score (nSPS) is 16.7. The Balaban J connectivity index is 4.55. The molecular formula is C10H20N2O2. The third-order valence-electron chi connectivity index (χ3n) is 1.58.